The van der Waals surface area contributed by atoms with E-state index in [0.29, 0.717) is 13.0 Å². The van der Waals surface area contributed by atoms with E-state index < -0.39 is 0 Å². The first-order valence-electron chi connectivity index (χ1n) is 10.6. The van der Waals surface area contributed by atoms with Gasteiger partial charge in [0.05, 0.1) is 17.2 Å². The Hall–Kier alpha value is -3.30. The number of nitrogens with zero attached hydrogens (tertiary/aromatic N) is 6. The second-order valence-corrected chi connectivity index (χ2v) is 8.85. The number of nitro benzene ring substituents is 1. The molecule has 0 aliphatic carbocycles. The smallest absolute Gasteiger partial charge is 0.269 e. The number of nitro groups is 1. The minimum Gasteiger partial charge on any atom is -0.298 e. The highest BCUT2D eigenvalue weighted by Gasteiger charge is 2.21. The third-order valence-corrected chi connectivity index (χ3v) is 6.65. The average molecular weight is 447 g/mol. The van der Waals surface area contributed by atoms with Crippen LogP contribution < -0.4 is 0 Å². The Morgan fingerprint density at radius 3 is 2.44 bits per heavy atom. The molecule has 0 unspecified atom stereocenters. The van der Waals surface area contributed by atoms with Crippen molar-refractivity contribution in [1.29, 1.82) is 0 Å². The van der Waals surface area contributed by atoms with Crippen LogP contribution in [0.4, 0.5) is 5.69 Å². The third kappa shape index (κ3) is 4.35. The Morgan fingerprint density at radius 2 is 1.72 bits per heavy atom. The molecule has 1 fully saturated rings. The predicted molar refractivity (Wildman–Crippen MR) is 123 cm³/mol. The molecule has 4 aromatic rings. The summed E-state index contributed by atoms with van der Waals surface area (Å²) < 4.78 is 4.51. The molecule has 162 valence electrons. The molecule has 0 atom stereocenters. The summed E-state index contributed by atoms with van der Waals surface area (Å²) in [5, 5.41) is 11.9. The number of aromatic nitrogens is 4. The quantitative estimate of drug-likeness (QED) is 0.235. The van der Waals surface area contributed by atoms with E-state index in [1.54, 1.807) is 30.4 Å². The number of hydrogen-bond acceptors (Lipinski definition) is 7. The molecular weight excluding hydrogens is 424 g/mol. The number of rotatable bonds is 7. The van der Waals surface area contributed by atoms with Crippen LogP contribution in [0.3, 0.4) is 0 Å². The summed E-state index contributed by atoms with van der Waals surface area (Å²) in [6, 6.07) is 16.9. The normalized spacial score (nSPS) is 14.2. The van der Waals surface area contributed by atoms with E-state index in [2.05, 4.69) is 31.0 Å². The zero-order valence-corrected chi connectivity index (χ0v) is 18.2. The standard InChI is InChI=1S/C23H22N6O2S/c30-29(31)19-10-8-17(9-11-19)14-20-21-22(25-16-24-20)28(15-18-6-2-1-3-7-18)23(26-21)32-27-12-4-5-13-27/h1-3,6-11,16H,4-5,12-15H2. The number of non-ortho nitro benzene ring substituents is 1. The van der Waals surface area contributed by atoms with Gasteiger partial charge in [0.25, 0.3) is 5.69 Å². The Balaban J connectivity index is 1.52. The lowest BCUT2D eigenvalue weighted by molar-refractivity contribution is -0.384. The fourth-order valence-electron chi connectivity index (χ4n) is 3.89. The number of imidazole rings is 1. The Bertz CT molecular complexity index is 1240. The fraction of sp³-hybridized carbons (Fsp3) is 0.261. The summed E-state index contributed by atoms with van der Waals surface area (Å²) in [6.07, 6.45) is 4.53. The summed E-state index contributed by atoms with van der Waals surface area (Å²) in [4.78, 5) is 24.6. The molecule has 2 aromatic carbocycles. The van der Waals surface area contributed by atoms with Gasteiger partial charge in [0, 0.05) is 31.6 Å². The summed E-state index contributed by atoms with van der Waals surface area (Å²) in [5.41, 5.74) is 4.62. The number of fused-ring (bicyclic) bond motifs is 1. The van der Waals surface area contributed by atoms with Crippen LogP contribution in [0.1, 0.15) is 29.7 Å². The van der Waals surface area contributed by atoms with Gasteiger partial charge in [-0.05, 0) is 35.9 Å². The monoisotopic (exact) mass is 446 g/mol. The first-order valence-corrected chi connectivity index (χ1v) is 11.3. The van der Waals surface area contributed by atoms with Crippen molar-refractivity contribution in [2.45, 2.75) is 31.0 Å². The maximum atomic E-state index is 10.9. The van der Waals surface area contributed by atoms with Crippen LogP contribution in [0.2, 0.25) is 0 Å². The van der Waals surface area contributed by atoms with Crippen molar-refractivity contribution in [1.82, 2.24) is 23.8 Å². The lowest BCUT2D eigenvalue weighted by Gasteiger charge is -2.14. The van der Waals surface area contributed by atoms with Gasteiger partial charge >= 0.3 is 0 Å². The molecule has 32 heavy (non-hydrogen) atoms. The minimum atomic E-state index is -0.389. The first kappa shape index (κ1) is 20.6. The minimum absolute atomic E-state index is 0.0815. The Kier molecular flexibility index (Phi) is 5.83. The second-order valence-electron chi connectivity index (χ2n) is 7.79. The van der Waals surface area contributed by atoms with Crippen molar-refractivity contribution in [3.63, 3.8) is 0 Å². The summed E-state index contributed by atoms with van der Waals surface area (Å²) in [6.45, 7) is 2.79. The average Bonchev–Trinajstić information content (AvgIpc) is 3.44. The SMILES string of the molecule is O=[N+]([O-])c1ccc(Cc2ncnc3c2nc(SN2CCCC2)n3Cc2ccccc2)cc1. The van der Waals surface area contributed by atoms with Gasteiger partial charge in [-0.1, -0.05) is 42.5 Å². The topological polar surface area (TPSA) is 90.0 Å². The molecule has 0 spiro atoms. The van der Waals surface area contributed by atoms with Crippen LogP contribution in [0, 0.1) is 10.1 Å². The largest absolute Gasteiger partial charge is 0.298 e. The van der Waals surface area contributed by atoms with E-state index in [9.17, 15) is 10.1 Å². The lowest BCUT2D eigenvalue weighted by atomic mass is 10.1. The molecule has 0 bridgehead atoms. The highest BCUT2D eigenvalue weighted by molar-refractivity contribution is 7.96. The first-order chi connectivity index (χ1) is 15.7. The lowest BCUT2D eigenvalue weighted by Crippen LogP contribution is -2.12. The van der Waals surface area contributed by atoms with Crippen LogP contribution >= 0.6 is 11.9 Å². The molecule has 2 aromatic heterocycles. The number of hydrogen-bond donors (Lipinski definition) is 0. The van der Waals surface area contributed by atoms with E-state index in [-0.39, 0.29) is 10.6 Å². The highest BCUT2D eigenvalue weighted by Crippen LogP contribution is 2.30. The van der Waals surface area contributed by atoms with Crippen LogP contribution in [-0.4, -0.2) is 41.8 Å². The molecule has 1 saturated heterocycles. The van der Waals surface area contributed by atoms with E-state index >= 15 is 0 Å². The van der Waals surface area contributed by atoms with Crippen molar-refractivity contribution >= 4 is 28.8 Å². The van der Waals surface area contributed by atoms with Gasteiger partial charge in [0.2, 0.25) is 0 Å². The van der Waals surface area contributed by atoms with Gasteiger partial charge < -0.3 is 0 Å². The fourth-order valence-corrected chi connectivity index (χ4v) is 4.95. The van der Waals surface area contributed by atoms with Crippen LogP contribution in [-0.2, 0) is 13.0 Å². The molecule has 1 aliphatic heterocycles. The molecule has 5 rings (SSSR count). The van der Waals surface area contributed by atoms with Gasteiger partial charge in [0.1, 0.15) is 11.8 Å². The zero-order valence-electron chi connectivity index (χ0n) is 17.4. The van der Waals surface area contributed by atoms with Crippen molar-refractivity contribution in [2.75, 3.05) is 13.1 Å². The van der Waals surface area contributed by atoms with E-state index in [1.807, 2.05) is 18.2 Å². The Labute approximate surface area is 189 Å². The van der Waals surface area contributed by atoms with Gasteiger partial charge in [-0.25, -0.2) is 19.3 Å². The summed E-state index contributed by atoms with van der Waals surface area (Å²) in [7, 11) is 0. The predicted octanol–water partition coefficient (Wildman–Crippen LogP) is 4.48. The maximum Gasteiger partial charge on any atom is 0.269 e. The molecule has 0 N–H and O–H groups in total. The van der Waals surface area contributed by atoms with Crippen molar-refractivity contribution in [3.05, 3.63) is 87.9 Å². The van der Waals surface area contributed by atoms with E-state index in [4.69, 9.17) is 4.98 Å². The van der Waals surface area contributed by atoms with Gasteiger partial charge in [-0.2, -0.15) is 0 Å². The van der Waals surface area contributed by atoms with Crippen LogP contribution in [0.15, 0.2) is 66.1 Å². The summed E-state index contributed by atoms with van der Waals surface area (Å²) >= 11 is 1.69. The van der Waals surface area contributed by atoms with Crippen molar-refractivity contribution < 1.29 is 4.92 Å². The molecule has 0 radical (unpaired) electrons. The molecular formula is C23H22N6O2S. The molecule has 0 amide bonds. The Morgan fingerprint density at radius 1 is 0.969 bits per heavy atom. The van der Waals surface area contributed by atoms with E-state index in [1.165, 1.54) is 30.5 Å². The second kappa shape index (κ2) is 9.05. The zero-order chi connectivity index (χ0) is 21.9. The molecule has 9 heteroatoms. The van der Waals surface area contributed by atoms with Crippen molar-refractivity contribution in [3.8, 4) is 0 Å². The van der Waals surface area contributed by atoms with Crippen LogP contribution in [0.5, 0.6) is 0 Å². The summed E-state index contributed by atoms with van der Waals surface area (Å²) in [5.74, 6) is 0. The molecule has 1 aliphatic rings. The third-order valence-electron chi connectivity index (χ3n) is 5.55. The van der Waals surface area contributed by atoms with Gasteiger partial charge in [-0.3, -0.25) is 14.7 Å². The maximum absolute atomic E-state index is 10.9. The molecule has 0 saturated carbocycles. The molecule has 3 heterocycles. The molecule has 8 nitrogen and oxygen atoms in total. The van der Waals surface area contributed by atoms with Gasteiger partial charge in [0.15, 0.2) is 10.8 Å². The highest BCUT2D eigenvalue weighted by atomic mass is 32.2. The van der Waals surface area contributed by atoms with E-state index in [0.717, 1.165) is 40.7 Å². The van der Waals surface area contributed by atoms with Crippen molar-refractivity contribution in [2.24, 2.45) is 0 Å². The number of benzene rings is 2. The van der Waals surface area contributed by atoms with Gasteiger partial charge in [-0.15, -0.1) is 0 Å². The van der Waals surface area contributed by atoms with Crippen LogP contribution in [0.25, 0.3) is 11.2 Å².